The number of carbonyl (C=O) groups excluding carboxylic acids is 1. The second-order valence-electron chi connectivity index (χ2n) is 4.62. The van der Waals surface area contributed by atoms with Gasteiger partial charge in [-0.1, -0.05) is 30.3 Å². The molecular weight excluding hydrogens is 246 g/mol. The van der Waals surface area contributed by atoms with Crippen molar-refractivity contribution >= 4 is 6.09 Å². The van der Waals surface area contributed by atoms with Crippen LogP contribution in [0.3, 0.4) is 0 Å². The first-order chi connectivity index (χ1) is 9.31. The van der Waals surface area contributed by atoms with Gasteiger partial charge in [-0.15, -0.1) is 0 Å². The van der Waals surface area contributed by atoms with Crippen LogP contribution in [-0.4, -0.2) is 35.3 Å². The van der Waals surface area contributed by atoms with Gasteiger partial charge in [0.25, 0.3) is 0 Å². The molecule has 1 saturated heterocycles. The Morgan fingerprint density at radius 3 is 2.84 bits per heavy atom. The summed E-state index contributed by atoms with van der Waals surface area (Å²) in [5.74, 6) is 0. The number of aliphatic hydroxyl groups is 1. The molecule has 1 aromatic rings. The zero-order valence-electron chi connectivity index (χ0n) is 10.8. The van der Waals surface area contributed by atoms with E-state index in [1.165, 1.54) is 4.90 Å². The summed E-state index contributed by atoms with van der Waals surface area (Å²) in [6.07, 6.45) is 2.25. The molecule has 0 spiro atoms. The molecule has 1 aliphatic rings. The summed E-state index contributed by atoms with van der Waals surface area (Å²) in [6, 6.07) is 9.34. The van der Waals surface area contributed by atoms with E-state index in [4.69, 9.17) is 9.78 Å². The van der Waals surface area contributed by atoms with E-state index in [0.29, 0.717) is 6.54 Å². The first-order valence-electron chi connectivity index (χ1n) is 6.56. The molecule has 2 rings (SSSR count). The lowest BCUT2D eigenvalue weighted by molar-refractivity contribution is -0.257. The molecular formula is C14H19NO4. The van der Waals surface area contributed by atoms with Crippen LogP contribution in [0.5, 0.6) is 0 Å². The number of carbonyl (C=O) groups is 1. The second kappa shape index (κ2) is 7.11. The Morgan fingerprint density at radius 2 is 2.11 bits per heavy atom. The van der Waals surface area contributed by atoms with Crippen molar-refractivity contribution in [2.24, 2.45) is 0 Å². The zero-order valence-corrected chi connectivity index (χ0v) is 10.8. The van der Waals surface area contributed by atoms with Gasteiger partial charge in [0.1, 0.15) is 6.61 Å². The van der Waals surface area contributed by atoms with Gasteiger partial charge in [0, 0.05) is 6.54 Å². The number of hydrogen-bond donors (Lipinski definition) is 1. The van der Waals surface area contributed by atoms with E-state index in [9.17, 15) is 9.90 Å². The molecule has 0 aliphatic carbocycles. The molecule has 1 amide bonds. The number of amides is 1. The Bertz CT molecular complexity index is 396. The fraction of sp³-hybridized carbons (Fsp3) is 0.500. The predicted octanol–water partition coefficient (Wildman–Crippen LogP) is 2.10. The van der Waals surface area contributed by atoms with Crippen molar-refractivity contribution in [1.82, 2.24) is 4.90 Å². The smallest absolute Gasteiger partial charge is 0.394 e. The number of likely N-dealkylation sites (tertiary alicyclic amines) is 1. The largest absolute Gasteiger partial charge is 0.441 e. The highest BCUT2D eigenvalue weighted by Gasteiger charge is 2.27. The van der Waals surface area contributed by atoms with Crippen LogP contribution in [0.2, 0.25) is 0 Å². The van der Waals surface area contributed by atoms with Gasteiger partial charge >= 0.3 is 6.09 Å². The van der Waals surface area contributed by atoms with Gasteiger partial charge in [0.15, 0.2) is 0 Å². The van der Waals surface area contributed by atoms with Crippen molar-refractivity contribution in [3.05, 3.63) is 35.9 Å². The summed E-state index contributed by atoms with van der Waals surface area (Å²) >= 11 is 0. The molecule has 5 heteroatoms. The minimum Gasteiger partial charge on any atom is -0.394 e. The van der Waals surface area contributed by atoms with Crippen molar-refractivity contribution in [1.29, 1.82) is 0 Å². The molecule has 1 atom stereocenters. The molecule has 19 heavy (non-hydrogen) atoms. The van der Waals surface area contributed by atoms with Gasteiger partial charge in [0.05, 0.1) is 12.6 Å². The Labute approximate surface area is 112 Å². The number of aliphatic hydroxyl groups excluding tert-OH is 1. The highest BCUT2D eigenvalue weighted by Crippen LogP contribution is 2.17. The van der Waals surface area contributed by atoms with E-state index in [0.717, 1.165) is 24.8 Å². The Morgan fingerprint density at radius 1 is 1.32 bits per heavy atom. The SMILES string of the molecule is O=C(OOCc1ccccc1)N1CCCCC1CO. The van der Waals surface area contributed by atoms with Crippen molar-refractivity contribution in [3.8, 4) is 0 Å². The van der Waals surface area contributed by atoms with Crippen molar-refractivity contribution in [3.63, 3.8) is 0 Å². The molecule has 0 radical (unpaired) electrons. The van der Waals surface area contributed by atoms with E-state index in [2.05, 4.69) is 0 Å². The van der Waals surface area contributed by atoms with Crippen LogP contribution < -0.4 is 0 Å². The summed E-state index contributed by atoms with van der Waals surface area (Å²) in [6.45, 7) is 0.802. The van der Waals surface area contributed by atoms with Crippen molar-refractivity contribution < 1.29 is 19.7 Å². The van der Waals surface area contributed by atoms with Crippen LogP contribution in [-0.2, 0) is 16.4 Å². The first-order valence-corrected chi connectivity index (χ1v) is 6.56. The predicted molar refractivity (Wildman–Crippen MR) is 69.1 cm³/mol. The van der Waals surface area contributed by atoms with Crippen LogP contribution in [0, 0.1) is 0 Å². The molecule has 1 N–H and O–H groups in total. The minimum atomic E-state index is -0.519. The number of piperidine rings is 1. The van der Waals surface area contributed by atoms with Gasteiger partial charge in [-0.3, -0.25) is 4.89 Å². The number of nitrogens with zero attached hydrogens (tertiary/aromatic N) is 1. The molecule has 1 heterocycles. The molecule has 1 unspecified atom stereocenters. The minimum absolute atomic E-state index is 0.0339. The highest BCUT2D eigenvalue weighted by atomic mass is 17.2. The van der Waals surface area contributed by atoms with Crippen LogP contribution in [0.15, 0.2) is 30.3 Å². The molecule has 0 saturated carbocycles. The third-order valence-electron chi connectivity index (χ3n) is 3.27. The lowest BCUT2D eigenvalue weighted by atomic mass is 10.0. The fourth-order valence-corrected chi connectivity index (χ4v) is 2.20. The first kappa shape index (κ1) is 13.8. The lowest BCUT2D eigenvalue weighted by Gasteiger charge is -2.32. The Hall–Kier alpha value is -1.59. The average molecular weight is 265 g/mol. The molecule has 1 aliphatic heterocycles. The average Bonchev–Trinajstić information content (AvgIpc) is 2.48. The third kappa shape index (κ3) is 3.94. The summed E-state index contributed by atoms with van der Waals surface area (Å²) in [4.78, 5) is 23.1. The van der Waals surface area contributed by atoms with Crippen LogP contribution >= 0.6 is 0 Å². The number of benzene rings is 1. The maximum absolute atomic E-state index is 11.8. The lowest BCUT2D eigenvalue weighted by Crippen LogP contribution is -2.45. The zero-order chi connectivity index (χ0) is 13.5. The molecule has 0 bridgehead atoms. The van der Waals surface area contributed by atoms with Gasteiger partial charge in [-0.25, -0.2) is 4.79 Å². The summed E-state index contributed by atoms with van der Waals surface area (Å²) in [5, 5.41) is 9.22. The Kier molecular flexibility index (Phi) is 5.18. The summed E-state index contributed by atoms with van der Waals surface area (Å²) in [7, 11) is 0. The van der Waals surface area contributed by atoms with E-state index < -0.39 is 6.09 Å². The van der Waals surface area contributed by atoms with Gasteiger partial charge in [0.2, 0.25) is 0 Å². The molecule has 1 aromatic carbocycles. The third-order valence-corrected chi connectivity index (χ3v) is 3.27. The maximum atomic E-state index is 11.8. The molecule has 104 valence electrons. The standard InChI is InChI=1S/C14H19NO4/c16-10-13-8-4-5-9-15(13)14(17)19-18-11-12-6-2-1-3-7-12/h1-3,6-7,13,16H,4-5,8-11H2. The topological polar surface area (TPSA) is 59.0 Å². The highest BCUT2D eigenvalue weighted by molar-refractivity contribution is 5.67. The molecule has 5 nitrogen and oxygen atoms in total. The molecule has 0 aromatic heterocycles. The number of hydrogen-bond acceptors (Lipinski definition) is 4. The van der Waals surface area contributed by atoms with Crippen LogP contribution in [0.4, 0.5) is 4.79 Å². The second-order valence-corrected chi connectivity index (χ2v) is 4.62. The quantitative estimate of drug-likeness (QED) is 0.669. The normalized spacial score (nSPS) is 19.2. The summed E-state index contributed by atoms with van der Waals surface area (Å²) in [5.41, 5.74) is 0.938. The van der Waals surface area contributed by atoms with E-state index in [1.54, 1.807) is 0 Å². The number of rotatable bonds is 4. The van der Waals surface area contributed by atoms with Gasteiger partial charge < -0.3 is 10.0 Å². The van der Waals surface area contributed by atoms with E-state index in [1.807, 2.05) is 30.3 Å². The Balaban J connectivity index is 1.77. The maximum Gasteiger partial charge on any atom is 0.441 e. The van der Waals surface area contributed by atoms with Crippen molar-refractivity contribution in [2.75, 3.05) is 13.2 Å². The summed E-state index contributed by atoms with van der Waals surface area (Å²) < 4.78 is 0. The van der Waals surface area contributed by atoms with Gasteiger partial charge in [-0.2, -0.15) is 4.89 Å². The fourth-order valence-electron chi connectivity index (χ4n) is 2.20. The van der Waals surface area contributed by atoms with E-state index >= 15 is 0 Å². The monoisotopic (exact) mass is 265 g/mol. The molecule has 1 fully saturated rings. The van der Waals surface area contributed by atoms with Crippen LogP contribution in [0.25, 0.3) is 0 Å². The van der Waals surface area contributed by atoms with Crippen molar-refractivity contribution in [2.45, 2.75) is 31.9 Å². The van der Waals surface area contributed by atoms with Crippen LogP contribution in [0.1, 0.15) is 24.8 Å². The van der Waals surface area contributed by atoms with Gasteiger partial charge in [-0.05, 0) is 24.8 Å². The van der Waals surface area contributed by atoms with E-state index in [-0.39, 0.29) is 19.3 Å².